The first-order valence-corrected chi connectivity index (χ1v) is 8.15. The Hall–Kier alpha value is -2.57. The molecule has 3 rings (SSSR count). The van der Waals surface area contributed by atoms with Gasteiger partial charge in [-0.25, -0.2) is 0 Å². The summed E-state index contributed by atoms with van der Waals surface area (Å²) in [6.07, 6.45) is 3.57. The summed E-state index contributed by atoms with van der Waals surface area (Å²) in [5.41, 5.74) is 0.957. The third-order valence-electron chi connectivity index (χ3n) is 4.15. The van der Waals surface area contributed by atoms with Crippen LogP contribution in [0, 0.1) is 5.92 Å². The van der Waals surface area contributed by atoms with Crippen molar-refractivity contribution in [3.05, 3.63) is 42.1 Å². The molecule has 1 N–H and O–H groups in total. The maximum Gasteiger partial charge on any atom is 0.225 e. The second kappa shape index (κ2) is 6.90. The normalized spacial score (nSPS) is 17.0. The molecule has 0 aromatic carbocycles. The summed E-state index contributed by atoms with van der Waals surface area (Å²) in [5.74, 6) is 0.663. The molecule has 1 aliphatic rings. The summed E-state index contributed by atoms with van der Waals surface area (Å²) in [6, 6.07) is 5.35. The standard InChI is InChI=1S/C17H22N4O3/c1-12(2)17(23)20-10-13-5-6-19-21(13)14(11-20)8-16(22)18-9-15-4-3-7-24-15/h3-7,12,14H,8-11H2,1-2H3,(H,18,22)/t14-/m0/s1. The van der Waals surface area contributed by atoms with Crippen LogP contribution in [0.3, 0.4) is 0 Å². The average molecular weight is 330 g/mol. The van der Waals surface area contributed by atoms with Crippen molar-refractivity contribution in [3.8, 4) is 0 Å². The summed E-state index contributed by atoms with van der Waals surface area (Å²) in [7, 11) is 0. The number of carbonyl (C=O) groups is 2. The number of rotatable bonds is 5. The minimum absolute atomic E-state index is 0.0621. The van der Waals surface area contributed by atoms with Crippen LogP contribution in [-0.2, 0) is 22.7 Å². The Kier molecular flexibility index (Phi) is 4.69. The number of carbonyl (C=O) groups excluding carboxylic acids is 2. The Bertz CT molecular complexity index is 705. The van der Waals surface area contributed by atoms with E-state index in [1.807, 2.05) is 35.6 Å². The van der Waals surface area contributed by atoms with Crippen molar-refractivity contribution in [1.82, 2.24) is 20.0 Å². The summed E-state index contributed by atoms with van der Waals surface area (Å²) in [5, 5.41) is 7.17. The molecule has 24 heavy (non-hydrogen) atoms. The number of nitrogens with zero attached hydrogens (tertiary/aromatic N) is 3. The first-order valence-electron chi connectivity index (χ1n) is 8.15. The van der Waals surface area contributed by atoms with E-state index >= 15 is 0 Å². The van der Waals surface area contributed by atoms with Crippen LogP contribution in [0.2, 0.25) is 0 Å². The number of fused-ring (bicyclic) bond motifs is 1. The van der Waals surface area contributed by atoms with E-state index in [1.54, 1.807) is 18.5 Å². The molecule has 2 amide bonds. The lowest BCUT2D eigenvalue weighted by Crippen LogP contribution is -2.44. The van der Waals surface area contributed by atoms with Crippen LogP contribution in [0.1, 0.15) is 37.8 Å². The fourth-order valence-electron chi connectivity index (χ4n) is 2.96. The zero-order chi connectivity index (χ0) is 17.1. The quantitative estimate of drug-likeness (QED) is 0.905. The minimum atomic E-state index is -0.150. The smallest absolute Gasteiger partial charge is 0.225 e. The van der Waals surface area contributed by atoms with E-state index in [0.29, 0.717) is 25.4 Å². The number of aromatic nitrogens is 2. The molecule has 7 heteroatoms. The van der Waals surface area contributed by atoms with Crippen molar-refractivity contribution in [2.24, 2.45) is 5.92 Å². The van der Waals surface area contributed by atoms with Crippen LogP contribution < -0.4 is 5.32 Å². The molecule has 0 spiro atoms. The molecular formula is C17H22N4O3. The van der Waals surface area contributed by atoms with E-state index < -0.39 is 0 Å². The van der Waals surface area contributed by atoms with Gasteiger partial charge in [0.2, 0.25) is 11.8 Å². The Morgan fingerprint density at radius 2 is 2.25 bits per heavy atom. The molecule has 2 aromatic rings. The molecule has 3 heterocycles. The van der Waals surface area contributed by atoms with Gasteiger partial charge in [-0.3, -0.25) is 14.3 Å². The molecule has 0 aliphatic carbocycles. The summed E-state index contributed by atoms with van der Waals surface area (Å²) in [4.78, 5) is 26.4. The highest BCUT2D eigenvalue weighted by atomic mass is 16.3. The minimum Gasteiger partial charge on any atom is -0.467 e. The maximum atomic E-state index is 12.3. The molecule has 1 aliphatic heterocycles. The lowest BCUT2D eigenvalue weighted by molar-refractivity contribution is -0.137. The fraction of sp³-hybridized carbons (Fsp3) is 0.471. The number of nitrogens with one attached hydrogen (secondary N) is 1. The molecule has 0 radical (unpaired) electrons. The van der Waals surface area contributed by atoms with Crippen molar-refractivity contribution < 1.29 is 14.0 Å². The van der Waals surface area contributed by atoms with Crippen LogP contribution in [0.5, 0.6) is 0 Å². The number of furan rings is 1. The number of hydrogen-bond donors (Lipinski definition) is 1. The lowest BCUT2D eigenvalue weighted by Gasteiger charge is -2.34. The van der Waals surface area contributed by atoms with Gasteiger partial charge in [-0.1, -0.05) is 13.8 Å². The topological polar surface area (TPSA) is 80.4 Å². The number of hydrogen-bond acceptors (Lipinski definition) is 4. The lowest BCUT2D eigenvalue weighted by atomic mass is 10.1. The first kappa shape index (κ1) is 16.3. The Morgan fingerprint density at radius 3 is 2.96 bits per heavy atom. The number of amides is 2. The molecule has 0 unspecified atom stereocenters. The van der Waals surface area contributed by atoms with Gasteiger partial charge in [0.25, 0.3) is 0 Å². The highest BCUT2D eigenvalue weighted by Crippen LogP contribution is 2.24. The summed E-state index contributed by atoms with van der Waals surface area (Å²) in [6.45, 7) is 5.18. The van der Waals surface area contributed by atoms with Crippen molar-refractivity contribution in [2.45, 2.75) is 39.4 Å². The predicted octanol–water partition coefficient (Wildman–Crippen LogP) is 1.72. The monoisotopic (exact) mass is 330 g/mol. The van der Waals surface area contributed by atoms with Gasteiger partial charge in [-0.05, 0) is 18.2 Å². The van der Waals surface area contributed by atoms with Crippen molar-refractivity contribution in [3.63, 3.8) is 0 Å². The van der Waals surface area contributed by atoms with E-state index in [1.165, 1.54) is 0 Å². The molecule has 0 fully saturated rings. The van der Waals surface area contributed by atoms with Gasteiger partial charge in [0.1, 0.15) is 5.76 Å². The van der Waals surface area contributed by atoms with Crippen LogP contribution >= 0.6 is 0 Å². The van der Waals surface area contributed by atoms with E-state index in [4.69, 9.17) is 4.42 Å². The summed E-state index contributed by atoms with van der Waals surface area (Å²) >= 11 is 0. The third kappa shape index (κ3) is 3.50. The van der Waals surface area contributed by atoms with Gasteiger partial charge in [-0.2, -0.15) is 5.10 Å². The molecule has 2 aromatic heterocycles. The Labute approximate surface area is 140 Å². The Morgan fingerprint density at radius 1 is 1.42 bits per heavy atom. The molecule has 0 saturated carbocycles. The van der Waals surface area contributed by atoms with Crippen LogP contribution in [-0.4, -0.2) is 33.0 Å². The average Bonchev–Trinajstić information content (AvgIpc) is 3.23. The van der Waals surface area contributed by atoms with Crippen molar-refractivity contribution in [2.75, 3.05) is 6.54 Å². The van der Waals surface area contributed by atoms with E-state index in [-0.39, 0.29) is 30.2 Å². The van der Waals surface area contributed by atoms with Gasteiger partial charge in [0, 0.05) is 18.7 Å². The molecule has 0 bridgehead atoms. The molecule has 0 saturated heterocycles. The van der Waals surface area contributed by atoms with Crippen LogP contribution in [0.15, 0.2) is 35.1 Å². The van der Waals surface area contributed by atoms with Gasteiger partial charge in [0.15, 0.2) is 0 Å². The molecule has 128 valence electrons. The highest BCUT2D eigenvalue weighted by molar-refractivity contribution is 5.79. The van der Waals surface area contributed by atoms with E-state index in [2.05, 4.69) is 10.4 Å². The second-order valence-electron chi connectivity index (χ2n) is 6.35. The van der Waals surface area contributed by atoms with E-state index in [0.717, 1.165) is 5.69 Å². The predicted molar refractivity (Wildman–Crippen MR) is 86.7 cm³/mol. The highest BCUT2D eigenvalue weighted by Gasteiger charge is 2.30. The van der Waals surface area contributed by atoms with Crippen LogP contribution in [0.4, 0.5) is 0 Å². The molecule has 7 nitrogen and oxygen atoms in total. The largest absolute Gasteiger partial charge is 0.467 e. The second-order valence-corrected chi connectivity index (χ2v) is 6.35. The SMILES string of the molecule is CC(C)C(=O)N1Cc2ccnn2[C@@H](CC(=O)NCc2ccco2)C1. The van der Waals surface area contributed by atoms with E-state index in [9.17, 15) is 9.59 Å². The summed E-state index contributed by atoms with van der Waals surface area (Å²) < 4.78 is 7.07. The van der Waals surface area contributed by atoms with Gasteiger partial charge >= 0.3 is 0 Å². The molecular weight excluding hydrogens is 308 g/mol. The Balaban J connectivity index is 1.65. The zero-order valence-electron chi connectivity index (χ0n) is 13.9. The third-order valence-corrected chi connectivity index (χ3v) is 4.15. The zero-order valence-corrected chi connectivity index (χ0v) is 13.9. The van der Waals surface area contributed by atoms with Gasteiger partial charge < -0.3 is 14.6 Å². The van der Waals surface area contributed by atoms with Crippen molar-refractivity contribution in [1.29, 1.82) is 0 Å². The van der Waals surface area contributed by atoms with Gasteiger partial charge in [-0.15, -0.1) is 0 Å². The first-order chi connectivity index (χ1) is 11.5. The fourth-order valence-corrected chi connectivity index (χ4v) is 2.96. The van der Waals surface area contributed by atoms with Crippen molar-refractivity contribution >= 4 is 11.8 Å². The molecule has 1 atom stereocenters. The van der Waals surface area contributed by atoms with Crippen LogP contribution in [0.25, 0.3) is 0 Å². The van der Waals surface area contributed by atoms with Gasteiger partial charge in [0.05, 0.1) is 37.5 Å². The maximum absolute atomic E-state index is 12.3.